The maximum absolute atomic E-state index is 11.7. The zero-order valence-corrected chi connectivity index (χ0v) is 10.6. The smallest absolute Gasteiger partial charge is 0.292 e. The number of hydrogen-bond donors (Lipinski definition) is 2. The van der Waals surface area contributed by atoms with Crippen LogP contribution in [0.3, 0.4) is 0 Å². The lowest BCUT2D eigenvalue weighted by Crippen LogP contribution is -2.34. The SMILES string of the molecule is O=C(CNC1CCCC1)Nc1ccccc1[N+](=O)[O-]. The summed E-state index contributed by atoms with van der Waals surface area (Å²) in [5.41, 5.74) is 0.155. The lowest BCUT2D eigenvalue weighted by atomic mass is 10.2. The molecule has 102 valence electrons. The van der Waals surface area contributed by atoms with Gasteiger partial charge in [0.25, 0.3) is 5.69 Å². The van der Waals surface area contributed by atoms with Gasteiger partial charge in [-0.15, -0.1) is 0 Å². The summed E-state index contributed by atoms with van der Waals surface area (Å²) in [6.45, 7) is 0.191. The van der Waals surface area contributed by atoms with E-state index in [1.165, 1.54) is 25.0 Å². The molecule has 0 radical (unpaired) electrons. The number of anilines is 1. The monoisotopic (exact) mass is 263 g/mol. The van der Waals surface area contributed by atoms with Gasteiger partial charge in [0.15, 0.2) is 0 Å². The Morgan fingerprint density at radius 2 is 2.00 bits per heavy atom. The number of rotatable bonds is 5. The number of amides is 1. The fraction of sp³-hybridized carbons (Fsp3) is 0.462. The normalized spacial score (nSPS) is 15.4. The van der Waals surface area contributed by atoms with Crippen LogP contribution >= 0.6 is 0 Å². The van der Waals surface area contributed by atoms with E-state index in [1.807, 2.05) is 0 Å². The zero-order chi connectivity index (χ0) is 13.7. The second-order valence-corrected chi connectivity index (χ2v) is 4.68. The molecule has 1 aromatic carbocycles. The summed E-state index contributed by atoms with van der Waals surface area (Å²) >= 11 is 0. The largest absolute Gasteiger partial charge is 0.319 e. The minimum absolute atomic E-state index is 0.0864. The third-order valence-electron chi connectivity index (χ3n) is 3.28. The predicted octanol–water partition coefficient (Wildman–Crippen LogP) is 2.07. The average Bonchev–Trinajstić information content (AvgIpc) is 2.90. The lowest BCUT2D eigenvalue weighted by Gasteiger charge is -2.11. The predicted molar refractivity (Wildman–Crippen MR) is 72.0 cm³/mol. The van der Waals surface area contributed by atoms with Gasteiger partial charge in [0.1, 0.15) is 5.69 Å². The standard InChI is InChI=1S/C13H17N3O3/c17-13(9-14-10-5-1-2-6-10)15-11-7-3-4-8-12(11)16(18)19/h3-4,7-8,10,14H,1-2,5-6,9H2,(H,15,17). The summed E-state index contributed by atoms with van der Waals surface area (Å²) in [5, 5.41) is 16.6. The topological polar surface area (TPSA) is 84.3 Å². The van der Waals surface area contributed by atoms with E-state index in [1.54, 1.807) is 12.1 Å². The molecule has 2 rings (SSSR count). The van der Waals surface area contributed by atoms with Crippen LogP contribution in [-0.4, -0.2) is 23.4 Å². The molecule has 1 aliphatic rings. The van der Waals surface area contributed by atoms with Crippen molar-refractivity contribution in [1.29, 1.82) is 0 Å². The Labute approximate surface area is 111 Å². The van der Waals surface area contributed by atoms with Gasteiger partial charge < -0.3 is 10.6 Å². The fourth-order valence-electron chi connectivity index (χ4n) is 2.30. The van der Waals surface area contributed by atoms with Gasteiger partial charge >= 0.3 is 0 Å². The van der Waals surface area contributed by atoms with Crippen LogP contribution in [0.5, 0.6) is 0 Å². The first-order chi connectivity index (χ1) is 9.16. The van der Waals surface area contributed by atoms with E-state index in [-0.39, 0.29) is 23.8 Å². The van der Waals surface area contributed by atoms with Crippen molar-refractivity contribution in [1.82, 2.24) is 5.32 Å². The number of carbonyl (C=O) groups excluding carboxylic acids is 1. The van der Waals surface area contributed by atoms with Gasteiger partial charge in [0, 0.05) is 12.1 Å². The van der Waals surface area contributed by atoms with E-state index in [2.05, 4.69) is 10.6 Å². The Morgan fingerprint density at radius 1 is 1.32 bits per heavy atom. The Morgan fingerprint density at radius 3 is 2.68 bits per heavy atom. The van der Waals surface area contributed by atoms with Crippen molar-refractivity contribution in [3.63, 3.8) is 0 Å². The highest BCUT2D eigenvalue weighted by atomic mass is 16.6. The van der Waals surface area contributed by atoms with E-state index < -0.39 is 4.92 Å². The van der Waals surface area contributed by atoms with Crippen LogP contribution in [0.1, 0.15) is 25.7 Å². The van der Waals surface area contributed by atoms with Gasteiger partial charge in [-0.3, -0.25) is 14.9 Å². The fourth-order valence-corrected chi connectivity index (χ4v) is 2.30. The lowest BCUT2D eigenvalue weighted by molar-refractivity contribution is -0.383. The first-order valence-electron chi connectivity index (χ1n) is 6.43. The van der Waals surface area contributed by atoms with Crippen LogP contribution < -0.4 is 10.6 Å². The Bertz CT molecular complexity index is 470. The number of hydrogen-bond acceptors (Lipinski definition) is 4. The molecule has 0 spiro atoms. The zero-order valence-electron chi connectivity index (χ0n) is 10.6. The molecule has 1 aromatic rings. The molecular weight excluding hydrogens is 246 g/mol. The molecule has 0 heterocycles. The van der Waals surface area contributed by atoms with Gasteiger partial charge in [-0.1, -0.05) is 25.0 Å². The van der Waals surface area contributed by atoms with Crippen molar-refractivity contribution in [2.45, 2.75) is 31.7 Å². The van der Waals surface area contributed by atoms with Crippen molar-refractivity contribution in [2.75, 3.05) is 11.9 Å². The Hall–Kier alpha value is -1.95. The number of nitrogens with one attached hydrogen (secondary N) is 2. The van der Waals surface area contributed by atoms with E-state index in [9.17, 15) is 14.9 Å². The molecule has 6 heteroatoms. The molecule has 1 aliphatic carbocycles. The summed E-state index contributed by atoms with van der Waals surface area (Å²) in [4.78, 5) is 22.1. The summed E-state index contributed by atoms with van der Waals surface area (Å²) < 4.78 is 0. The molecule has 0 unspecified atom stereocenters. The van der Waals surface area contributed by atoms with Crippen molar-refractivity contribution >= 4 is 17.3 Å². The summed E-state index contributed by atoms with van der Waals surface area (Å²) in [5.74, 6) is -0.249. The Balaban J connectivity index is 1.89. The van der Waals surface area contributed by atoms with E-state index in [0.717, 1.165) is 12.8 Å². The molecular formula is C13H17N3O3. The average molecular weight is 263 g/mol. The summed E-state index contributed by atoms with van der Waals surface area (Å²) in [7, 11) is 0. The van der Waals surface area contributed by atoms with Crippen LogP contribution in [0, 0.1) is 10.1 Å². The maximum Gasteiger partial charge on any atom is 0.292 e. The molecule has 1 amide bonds. The number of nitro groups is 1. The highest BCUT2D eigenvalue weighted by Crippen LogP contribution is 2.23. The highest BCUT2D eigenvalue weighted by Gasteiger charge is 2.17. The molecule has 2 N–H and O–H groups in total. The van der Waals surface area contributed by atoms with Crippen molar-refractivity contribution in [3.05, 3.63) is 34.4 Å². The first kappa shape index (κ1) is 13.5. The second kappa shape index (κ2) is 6.29. The van der Waals surface area contributed by atoms with E-state index >= 15 is 0 Å². The summed E-state index contributed by atoms with van der Waals surface area (Å²) in [6, 6.07) is 6.54. The molecule has 0 aliphatic heterocycles. The summed E-state index contributed by atoms with van der Waals surface area (Å²) in [6.07, 6.45) is 4.59. The maximum atomic E-state index is 11.7. The first-order valence-corrected chi connectivity index (χ1v) is 6.43. The third kappa shape index (κ3) is 3.75. The number of carbonyl (C=O) groups is 1. The minimum Gasteiger partial charge on any atom is -0.319 e. The number of para-hydroxylation sites is 2. The van der Waals surface area contributed by atoms with Gasteiger partial charge in [-0.25, -0.2) is 0 Å². The van der Waals surface area contributed by atoms with Crippen LogP contribution in [0.15, 0.2) is 24.3 Å². The number of nitrogens with zero attached hydrogens (tertiary/aromatic N) is 1. The molecule has 0 saturated heterocycles. The van der Waals surface area contributed by atoms with Crippen LogP contribution in [0.25, 0.3) is 0 Å². The van der Waals surface area contributed by atoms with Crippen molar-refractivity contribution in [3.8, 4) is 0 Å². The van der Waals surface area contributed by atoms with Gasteiger partial charge in [0.05, 0.1) is 11.5 Å². The van der Waals surface area contributed by atoms with E-state index in [0.29, 0.717) is 6.04 Å². The number of nitro benzene ring substituents is 1. The molecule has 19 heavy (non-hydrogen) atoms. The van der Waals surface area contributed by atoms with Crippen molar-refractivity contribution in [2.24, 2.45) is 0 Å². The van der Waals surface area contributed by atoms with Gasteiger partial charge in [0.2, 0.25) is 5.91 Å². The molecule has 0 aromatic heterocycles. The van der Waals surface area contributed by atoms with E-state index in [4.69, 9.17) is 0 Å². The molecule has 1 fully saturated rings. The second-order valence-electron chi connectivity index (χ2n) is 4.68. The van der Waals surface area contributed by atoms with Gasteiger partial charge in [-0.2, -0.15) is 0 Å². The quantitative estimate of drug-likeness (QED) is 0.629. The van der Waals surface area contributed by atoms with Crippen LogP contribution in [-0.2, 0) is 4.79 Å². The Kier molecular flexibility index (Phi) is 4.46. The third-order valence-corrected chi connectivity index (χ3v) is 3.28. The number of benzene rings is 1. The van der Waals surface area contributed by atoms with Crippen molar-refractivity contribution < 1.29 is 9.72 Å². The van der Waals surface area contributed by atoms with Crippen LogP contribution in [0.2, 0.25) is 0 Å². The van der Waals surface area contributed by atoms with Gasteiger partial charge in [-0.05, 0) is 18.9 Å². The molecule has 0 bridgehead atoms. The minimum atomic E-state index is -0.500. The molecule has 6 nitrogen and oxygen atoms in total. The van der Waals surface area contributed by atoms with Crippen LogP contribution in [0.4, 0.5) is 11.4 Å². The highest BCUT2D eigenvalue weighted by molar-refractivity contribution is 5.94. The molecule has 1 saturated carbocycles. The molecule has 0 atom stereocenters.